The van der Waals surface area contributed by atoms with Crippen LogP contribution in [0.5, 0.6) is 0 Å². The zero-order valence-electron chi connectivity index (χ0n) is 17.2. The predicted molar refractivity (Wildman–Crippen MR) is 124 cm³/mol. The number of halogens is 3. The maximum atomic E-state index is 14.6. The minimum atomic E-state index is -1.22. The summed E-state index contributed by atoms with van der Waals surface area (Å²) in [6.45, 7) is 2.42. The standard InChI is InChI=1S/C22H24FN5O.2ClH/c1-22(24,15-8-4-2-5-9-15)21(29)25-16-11-12-18(23)17(14-16)20-27-26-19-10-6-3-7-13-28(19)20;;/h2,4-5,8-9,11-12,14H,3,6-7,10,13,24H2,1H3,(H,25,29);2*1H. The third-order valence-corrected chi connectivity index (χ3v) is 5.42. The summed E-state index contributed by atoms with van der Waals surface area (Å²) in [5.41, 5.74) is 6.55. The highest BCUT2D eigenvalue weighted by atomic mass is 35.5. The van der Waals surface area contributed by atoms with Gasteiger partial charge in [-0.15, -0.1) is 35.0 Å². The number of carbonyl (C=O) groups is 1. The number of nitrogens with one attached hydrogen (secondary N) is 1. The van der Waals surface area contributed by atoms with Crippen LogP contribution in [0.25, 0.3) is 11.4 Å². The number of hydrogen-bond donors (Lipinski definition) is 2. The van der Waals surface area contributed by atoms with Crippen molar-refractivity contribution in [3.05, 3.63) is 65.7 Å². The molecule has 3 aromatic rings. The van der Waals surface area contributed by atoms with Gasteiger partial charge >= 0.3 is 0 Å². The number of aromatic nitrogens is 3. The molecule has 3 N–H and O–H groups in total. The van der Waals surface area contributed by atoms with Crippen LogP contribution >= 0.6 is 24.8 Å². The van der Waals surface area contributed by atoms with Gasteiger partial charge in [0.2, 0.25) is 5.91 Å². The molecule has 9 heteroatoms. The first-order valence-corrected chi connectivity index (χ1v) is 9.84. The fourth-order valence-electron chi connectivity index (χ4n) is 3.64. The van der Waals surface area contributed by atoms with E-state index in [-0.39, 0.29) is 30.7 Å². The molecule has 0 bridgehead atoms. The molecule has 0 radical (unpaired) electrons. The first kappa shape index (κ1) is 24.8. The number of nitrogens with two attached hydrogens (primary N) is 1. The molecule has 1 aliphatic heterocycles. The number of carbonyl (C=O) groups excluding carboxylic acids is 1. The fourth-order valence-corrected chi connectivity index (χ4v) is 3.64. The summed E-state index contributed by atoms with van der Waals surface area (Å²) < 4.78 is 16.6. The van der Waals surface area contributed by atoms with Gasteiger partial charge in [-0.05, 0) is 43.5 Å². The largest absolute Gasteiger partial charge is 0.324 e. The number of fused-ring (bicyclic) bond motifs is 1. The lowest BCUT2D eigenvalue weighted by Crippen LogP contribution is -2.45. The fraction of sp³-hybridized carbons (Fsp3) is 0.318. The van der Waals surface area contributed by atoms with E-state index >= 15 is 0 Å². The van der Waals surface area contributed by atoms with Crippen molar-refractivity contribution >= 4 is 36.4 Å². The van der Waals surface area contributed by atoms with E-state index in [1.54, 1.807) is 25.1 Å². The van der Waals surface area contributed by atoms with E-state index < -0.39 is 11.4 Å². The molecule has 1 amide bonds. The Morgan fingerprint density at radius 2 is 1.84 bits per heavy atom. The summed E-state index contributed by atoms with van der Waals surface area (Å²) in [5, 5.41) is 11.3. The quantitative estimate of drug-likeness (QED) is 0.594. The number of anilines is 1. The Morgan fingerprint density at radius 3 is 2.58 bits per heavy atom. The average molecular weight is 466 g/mol. The molecule has 2 aromatic carbocycles. The summed E-state index contributed by atoms with van der Waals surface area (Å²) in [4.78, 5) is 12.8. The molecular weight excluding hydrogens is 440 g/mol. The van der Waals surface area contributed by atoms with Gasteiger partial charge in [0.15, 0.2) is 5.82 Å². The molecule has 166 valence electrons. The van der Waals surface area contributed by atoms with Crippen molar-refractivity contribution in [2.75, 3.05) is 5.32 Å². The van der Waals surface area contributed by atoms with Crippen LogP contribution in [-0.4, -0.2) is 20.7 Å². The first-order valence-electron chi connectivity index (χ1n) is 9.84. The minimum Gasteiger partial charge on any atom is -0.324 e. The molecule has 6 nitrogen and oxygen atoms in total. The van der Waals surface area contributed by atoms with Crippen LogP contribution in [0, 0.1) is 5.82 Å². The molecule has 1 unspecified atom stereocenters. The van der Waals surface area contributed by atoms with Crippen molar-refractivity contribution in [2.24, 2.45) is 5.73 Å². The molecule has 4 rings (SSSR count). The third-order valence-electron chi connectivity index (χ3n) is 5.42. The lowest BCUT2D eigenvalue weighted by Gasteiger charge is -2.24. The number of hydrogen-bond acceptors (Lipinski definition) is 4. The minimum absolute atomic E-state index is 0. The summed E-state index contributed by atoms with van der Waals surface area (Å²) in [6, 6.07) is 13.6. The molecule has 0 saturated heterocycles. The lowest BCUT2D eigenvalue weighted by molar-refractivity contribution is -0.120. The lowest BCUT2D eigenvalue weighted by atomic mass is 9.92. The maximum absolute atomic E-state index is 14.6. The molecular formula is C22H26Cl2FN5O. The Morgan fingerprint density at radius 1 is 1.10 bits per heavy atom. The zero-order chi connectivity index (χ0) is 20.4. The van der Waals surface area contributed by atoms with Gasteiger partial charge in [0.1, 0.15) is 17.2 Å². The van der Waals surface area contributed by atoms with Gasteiger partial charge in [0.25, 0.3) is 0 Å². The molecule has 2 heterocycles. The molecule has 0 aliphatic carbocycles. The van der Waals surface area contributed by atoms with E-state index in [9.17, 15) is 9.18 Å². The monoisotopic (exact) mass is 465 g/mol. The van der Waals surface area contributed by atoms with E-state index in [1.807, 2.05) is 22.8 Å². The predicted octanol–water partition coefficient (Wildman–Crippen LogP) is 4.47. The van der Waals surface area contributed by atoms with Crippen molar-refractivity contribution < 1.29 is 9.18 Å². The molecule has 0 saturated carbocycles. The molecule has 1 aromatic heterocycles. The first-order chi connectivity index (χ1) is 14.0. The van der Waals surface area contributed by atoms with Gasteiger partial charge in [0.05, 0.1) is 5.56 Å². The second-order valence-electron chi connectivity index (χ2n) is 7.62. The van der Waals surface area contributed by atoms with Crippen LogP contribution in [0.1, 0.15) is 37.6 Å². The number of rotatable bonds is 4. The van der Waals surface area contributed by atoms with Crippen LogP contribution in [0.4, 0.5) is 10.1 Å². The topological polar surface area (TPSA) is 85.8 Å². The van der Waals surface area contributed by atoms with Crippen LogP contribution in [0.15, 0.2) is 48.5 Å². The van der Waals surface area contributed by atoms with Gasteiger partial charge in [-0.3, -0.25) is 4.79 Å². The Balaban J connectivity index is 0.00000171. The van der Waals surface area contributed by atoms with Crippen molar-refractivity contribution in [1.29, 1.82) is 0 Å². The van der Waals surface area contributed by atoms with E-state index in [0.717, 1.165) is 38.1 Å². The third kappa shape index (κ3) is 5.06. The second-order valence-corrected chi connectivity index (χ2v) is 7.62. The highest BCUT2D eigenvalue weighted by Crippen LogP contribution is 2.28. The van der Waals surface area contributed by atoms with Crippen molar-refractivity contribution in [3.8, 4) is 11.4 Å². The number of amides is 1. The van der Waals surface area contributed by atoms with Gasteiger partial charge in [0, 0.05) is 18.7 Å². The van der Waals surface area contributed by atoms with Crippen molar-refractivity contribution in [1.82, 2.24) is 14.8 Å². The number of benzene rings is 2. The van der Waals surface area contributed by atoms with E-state index in [0.29, 0.717) is 22.6 Å². The summed E-state index contributed by atoms with van der Waals surface area (Å²) in [7, 11) is 0. The SMILES string of the molecule is CC(N)(C(=O)Nc1ccc(F)c(-c2nnc3n2CCCCC3)c1)c1ccccc1.Cl.Cl. The van der Waals surface area contributed by atoms with Crippen LogP contribution in [-0.2, 0) is 23.3 Å². The van der Waals surface area contributed by atoms with Gasteiger partial charge in [-0.2, -0.15) is 0 Å². The van der Waals surface area contributed by atoms with Crippen LogP contribution in [0.3, 0.4) is 0 Å². The summed E-state index contributed by atoms with van der Waals surface area (Å²) in [6.07, 6.45) is 4.04. The maximum Gasteiger partial charge on any atom is 0.248 e. The number of nitrogens with zero attached hydrogens (tertiary/aromatic N) is 3. The zero-order valence-corrected chi connectivity index (χ0v) is 18.8. The van der Waals surface area contributed by atoms with Crippen molar-refractivity contribution in [3.63, 3.8) is 0 Å². The van der Waals surface area contributed by atoms with Crippen molar-refractivity contribution in [2.45, 2.75) is 44.7 Å². The van der Waals surface area contributed by atoms with Gasteiger partial charge < -0.3 is 15.6 Å². The average Bonchev–Trinajstić information content (AvgIpc) is 2.97. The number of aryl methyl sites for hydroxylation is 1. The van der Waals surface area contributed by atoms with Gasteiger partial charge in [-0.1, -0.05) is 36.8 Å². The van der Waals surface area contributed by atoms with E-state index in [2.05, 4.69) is 15.5 Å². The second kappa shape index (κ2) is 10.2. The Bertz CT molecular complexity index is 1040. The molecule has 0 spiro atoms. The normalized spacial score (nSPS) is 14.8. The smallest absolute Gasteiger partial charge is 0.248 e. The van der Waals surface area contributed by atoms with Crippen LogP contribution in [0.2, 0.25) is 0 Å². The summed E-state index contributed by atoms with van der Waals surface area (Å²) in [5.74, 6) is 0.598. The van der Waals surface area contributed by atoms with Gasteiger partial charge in [-0.25, -0.2) is 4.39 Å². The highest BCUT2D eigenvalue weighted by Gasteiger charge is 2.30. The van der Waals surface area contributed by atoms with E-state index in [4.69, 9.17) is 5.73 Å². The molecule has 0 fully saturated rings. The summed E-state index contributed by atoms with van der Waals surface area (Å²) >= 11 is 0. The Labute approximate surface area is 193 Å². The molecule has 1 aliphatic rings. The molecule has 1 atom stereocenters. The van der Waals surface area contributed by atoms with Crippen LogP contribution < -0.4 is 11.1 Å². The molecule has 31 heavy (non-hydrogen) atoms. The Kier molecular flexibility index (Phi) is 8.17. The highest BCUT2D eigenvalue weighted by molar-refractivity contribution is 5.98. The Hall–Kier alpha value is -2.48. The van der Waals surface area contributed by atoms with E-state index in [1.165, 1.54) is 12.1 Å².